The number of ether oxygens (including phenoxy) is 1. The number of piperidine rings is 1. The average Bonchev–Trinajstić information content (AvgIpc) is 2.67. The molecule has 1 fully saturated rings. The van der Waals surface area contributed by atoms with Crippen LogP contribution in [0.4, 0.5) is 0 Å². The quantitative estimate of drug-likeness (QED) is 0.737. The molecule has 136 valence electrons. The van der Waals surface area contributed by atoms with E-state index >= 15 is 0 Å². The third kappa shape index (κ3) is 5.84. The van der Waals surface area contributed by atoms with Crippen LogP contribution in [-0.2, 0) is 9.53 Å². The van der Waals surface area contributed by atoms with Crippen LogP contribution < -0.4 is 5.32 Å². The molecule has 2 rings (SSSR count). The molecule has 0 saturated carbocycles. The molecule has 1 unspecified atom stereocenters. The molecular weight excluding hydrogens is 314 g/mol. The van der Waals surface area contributed by atoms with Gasteiger partial charge in [0.1, 0.15) is 0 Å². The second-order valence-electron chi connectivity index (χ2n) is 6.56. The SMILES string of the molecule is CCOCCCNC(=O)C1CCN(C(C)c2ccc(C#N)cc2)CC1. The first kappa shape index (κ1) is 19.4. The van der Waals surface area contributed by atoms with Gasteiger partial charge in [0.05, 0.1) is 11.6 Å². The zero-order chi connectivity index (χ0) is 18.1. The van der Waals surface area contributed by atoms with E-state index in [1.54, 1.807) is 0 Å². The maximum atomic E-state index is 12.2. The van der Waals surface area contributed by atoms with Crippen molar-refractivity contribution >= 4 is 5.91 Å². The number of carbonyl (C=O) groups excluding carboxylic acids is 1. The van der Waals surface area contributed by atoms with E-state index in [1.165, 1.54) is 5.56 Å². The van der Waals surface area contributed by atoms with Crippen LogP contribution in [0.1, 0.15) is 50.3 Å². The summed E-state index contributed by atoms with van der Waals surface area (Å²) in [4.78, 5) is 14.7. The Morgan fingerprint density at radius 2 is 2.04 bits per heavy atom. The third-order valence-electron chi connectivity index (χ3n) is 4.94. The second kappa shape index (κ2) is 10.2. The van der Waals surface area contributed by atoms with Crippen LogP contribution in [-0.4, -0.2) is 43.7 Å². The van der Waals surface area contributed by atoms with Gasteiger partial charge in [0.2, 0.25) is 5.91 Å². The van der Waals surface area contributed by atoms with Crippen LogP contribution in [0.3, 0.4) is 0 Å². The van der Waals surface area contributed by atoms with Crippen molar-refractivity contribution < 1.29 is 9.53 Å². The largest absolute Gasteiger partial charge is 0.382 e. The van der Waals surface area contributed by atoms with Crippen LogP contribution in [0.15, 0.2) is 24.3 Å². The Balaban J connectivity index is 1.74. The van der Waals surface area contributed by atoms with Crippen LogP contribution in [0.5, 0.6) is 0 Å². The monoisotopic (exact) mass is 343 g/mol. The van der Waals surface area contributed by atoms with E-state index in [0.29, 0.717) is 24.8 Å². The van der Waals surface area contributed by atoms with Crippen LogP contribution >= 0.6 is 0 Å². The van der Waals surface area contributed by atoms with Crippen molar-refractivity contribution in [1.29, 1.82) is 5.26 Å². The van der Waals surface area contributed by atoms with Gasteiger partial charge in [-0.15, -0.1) is 0 Å². The summed E-state index contributed by atoms with van der Waals surface area (Å²) in [7, 11) is 0. The van der Waals surface area contributed by atoms with Gasteiger partial charge in [-0.3, -0.25) is 9.69 Å². The van der Waals surface area contributed by atoms with E-state index in [1.807, 2.05) is 31.2 Å². The predicted molar refractivity (Wildman–Crippen MR) is 98.0 cm³/mol. The van der Waals surface area contributed by atoms with E-state index in [0.717, 1.165) is 39.0 Å². The number of nitriles is 1. The molecule has 5 heteroatoms. The third-order valence-corrected chi connectivity index (χ3v) is 4.94. The number of carbonyl (C=O) groups is 1. The molecule has 1 atom stereocenters. The lowest BCUT2D eigenvalue weighted by molar-refractivity contribution is -0.126. The number of likely N-dealkylation sites (tertiary alicyclic amines) is 1. The fourth-order valence-corrected chi connectivity index (χ4v) is 3.27. The first-order valence-corrected chi connectivity index (χ1v) is 9.25. The highest BCUT2D eigenvalue weighted by Gasteiger charge is 2.27. The molecule has 1 heterocycles. The second-order valence-corrected chi connectivity index (χ2v) is 6.56. The van der Waals surface area contributed by atoms with Crippen LogP contribution in [0, 0.1) is 17.2 Å². The van der Waals surface area contributed by atoms with E-state index < -0.39 is 0 Å². The molecule has 0 aliphatic carbocycles. The van der Waals surface area contributed by atoms with Crippen molar-refractivity contribution in [3.63, 3.8) is 0 Å². The summed E-state index contributed by atoms with van der Waals surface area (Å²) >= 11 is 0. The molecule has 5 nitrogen and oxygen atoms in total. The molecule has 1 N–H and O–H groups in total. The molecule has 0 spiro atoms. The van der Waals surface area contributed by atoms with Crippen molar-refractivity contribution in [2.45, 2.75) is 39.2 Å². The molecular formula is C20H29N3O2. The first-order valence-electron chi connectivity index (χ1n) is 9.25. The normalized spacial score (nSPS) is 17.0. The average molecular weight is 343 g/mol. The van der Waals surface area contributed by atoms with Gasteiger partial charge in [-0.05, 0) is 63.9 Å². The maximum absolute atomic E-state index is 12.2. The highest BCUT2D eigenvalue weighted by atomic mass is 16.5. The highest BCUT2D eigenvalue weighted by molar-refractivity contribution is 5.78. The summed E-state index contributed by atoms with van der Waals surface area (Å²) in [5, 5.41) is 11.9. The molecule has 1 aromatic carbocycles. The summed E-state index contributed by atoms with van der Waals surface area (Å²) in [6.07, 6.45) is 2.67. The van der Waals surface area contributed by atoms with Gasteiger partial charge >= 0.3 is 0 Å². The van der Waals surface area contributed by atoms with Gasteiger partial charge in [0.25, 0.3) is 0 Å². The fourth-order valence-electron chi connectivity index (χ4n) is 3.27. The Morgan fingerprint density at radius 3 is 2.64 bits per heavy atom. The number of amides is 1. The fraction of sp³-hybridized carbons (Fsp3) is 0.600. The zero-order valence-electron chi connectivity index (χ0n) is 15.3. The van der Waals surface area contributed by atoms with Crippen molar-refractivity contribution in [2.24, 2.45) is 5.92 Å². The van der Waals surface area contributed by atoms with Gasteiger partial charge < -0.3 is 10.1 Å². The minimum atomic E-state index is 0.122. The first-order chi connectivity index (χ1) is 12.2. The number of hydrogen-bond acceptors (Lipinski definition) is 4. The van der Waals surface area contributed by atoms with E-state index in [4.69, 9.17) is 10.00 Å². The molecule has 1 aliphatic rings. The van der Waals surface area contributed by atoms with Crippen LogP contribution in [0.2, 0.25) is 0 Å². The lowest BCUT2D eigenvalue weighted by Crippen LogP contribution is -2.41. The molecule has 0 bridgehead atoms. The van der Waals surface area contributed by atoms with Crippen molar-refractivity contribution in [3.8, 4) is 6.07 Å². The Labute approximate surface area is 151 Å². The minimum absolute atomic E-state index is 0.122. The highest BCUT2D eigenvalue weighted by Crippen LogP contribution is 2.26. The minimum Gasteiger partial charge on any atom is -0.382 e. The predicted octanol–water partition coefficient (Wildman–Crippen LogP) is 2.87. The van der Waals surface area contributed by atoms with Gasteiger partial charge in [-0.1, -0.05) is 12.1 Å². The Hall–Kier alpha value is -1.90. The summed E-state index contributed by atoms with van der Waals surface area (Å²) in [6.45, 7) is 8.15. The summed E-state index contributed by atoms with van der Waals surface area (Å²) in [5.41, 5.74) is 1.91. The molecule has 1 saturated heterocycles. The zero-order valence-corrected chi connectivity index (χ0v) is 15.3. The Bertz CT molecular complexity index is 572. The lowest BCUT2D eigenvalue weighted by atomic mass is 9.93. The Kier molecular flexibility index (Phi) is 7.90. The van der Waals surface area contributed by atoms with Gasteiger partial charge in [0.15, 0.2) is 0 Å². The van der Waals surface area contributed by atoms with E-state index in [-0.39, 0.29) is 11.8 Å². The van der Waals surface area contributed by atoms with Crippen molar-refractivity contribution in [2.75, 3.05) is 32.8 Å². The summed E-state index contributed by atoms with van der Waals surface area (Å²) in [6, 6.07) is 10.3. The number of nitrogens with one attached hydrogen (secondary N) is 1. The molecule has 1 aromatic rings. The number of rotatable bonds is 8. The number of hydrogen-bond donors (Lipinski definition) is 1. The topological polar surface area (TPSA) is 65.4 Å². The number of nitrogens with zero attached hydrogens (tertiary/aromatic N) is 2. The van der Waals surface area contributed by atoms with Gasteiger partial charge in [-0.25, -0.2) is 0 Å². The van der Waals surface area contributed by atoms with Gasteiger partial charge in [0, 0.05) is 31.7 Å². The molecule has 1 aliphatic heterocycles. The molecule has 0 aromatic heterocycles. The maximum Gasteiger partial charge on any atom is 0.223 e. The lowest BCUT2D eigenvalue weighted by Gasteiger charge is -2.35. The van der Waals surface area contributed by atoms with E-state index in [9.17, 15) is 4.79 Å². The van der Waals surface area contributed by atoms with Gasteiger partial charge in [-0.2, -0.15) is 5.26 Å². The standard InChI is InChI=1S/C20H29N3O2/c1-3-25-14-4-11-22-20(24)19-9-12-23(13-10-19)16(2)18-7-5-17(15-21)6-8-18/h5-8,16,19H,3-4,9-14H2,1-2H3,(H,22,24). The molecule has 1 amide bonds. The van der Waals surface area contributed by atoms with Crippen LogP contribution in [0.25, 0.3) is 0 Å². The summed E-state index contributed by atoms with van der Waals surface area (Å²) in [5.74, 6) is 0.304. The molecule has 25 heavy (non-hydrogen) atoms. The smallest absolute Gasteiger partial charge is 0.223 e. The molecule has 0 radical (unpaired) electrons. The van der Waals surface area contributed by atoms with E-state index in [2.05, 4.69) is 23.2 Å². The van der Waals surface area contributed by atoms with Crippen molar-refractivity contribution in [1.82, 2.24) is 10.2 Å². The Morgan fingerprint density at radius 1 is 1.36 bits per heavy atom. The number of benzene rings is 1. The summed E-state index contributed by atoms with van der Waals surface area (Å²) < 4.78 is 5.28. The van der Waals surface area contributed by atoms with Crippen molar-refractivity contribution in [3.05, 3.63) is 35.4 Å².